The van der Waals surface area contributed by atoms with Gasteiger partial charge in [0.25, 0.3) is 0 Å². The van der Waals surface area contributed by atoms with Crippen LogP contribution in [0.2, 0.25) is 0 Å². The van der Waals surface area contributed by atoms with Crippen molar-refractivity contribution in [1.82, 2.24) is 0 Å². The lowest BCUT2D eigenvalue weighted by atomic mass is 9.50. The summed E-state index contributed by atoms with van der Waals surface area (Å²) in [7, 11) is 0. The van der Waals surface area contributed by atoms with Crippen molar-refractivity contribution >= 4 is 5.97 Å². The fourth-order valence-corrected chi connectivity index (χ4v) is 11.5. The molecule has 0 aromatic heterocycles. The highest BCUT2D eigenvalue weighted by atomic mass is 19.4. The lowest BCUT2D eigenvalue weighted by Crippen LogP contribution is -2.62. The van der Waals surface area contributed by atoms with Crippen LogP contribution in [0.25, 0.3) is 0 Å². The van der Waals surface area contributed by atoms with Gasteiger partial charge in [-0.2, -0.15) is 13.2 Å². The van der Waals surface area contributed by atoms with Gasteiger partial charge in [0.15, 0.2) is 5.41 Å². The molecule has 32 heavy (non-hydrogen) atoms. The fourth-order valence-electron chi connectivity index (χ4n) is 11.5. The molecule has 8 aliphatic carbocycles. The monoisotopic (exact) mass is 450 g/mol. The first-order valence-electron chi connectivity index (χ1n) is 13.3. The van der Waals surface area contributed by atoms with Gasteiger partial charge in [-0.25, -0.2) is 0 Å². The summed E-state index contributed by atoms with van der Waals surface area (Å²) in [6, 6.07) is 0. The molecule has 8 aliphatic rings. The second kappa shape index (κ2) is 6.08. The summed E-state index contributed by atoms with van der Waals surface area (Å²) in [6.45, 7) is 6.52. The van der Waals surface area contributed by atoms with Crippen LogP contribution >= 0.6 is 0 Å². The summed E-state index contributed by atoms with van der Waals surface area (Å²) in [5, 5.41) is 0. The molecule has 0 amide bonds. The Labute approximate surface area is 189 Å². The van der Waals surface area contributed by atoms with Gasteiger partial charge in [0.2, 0.25) is 0 Å². The first-order valence-corrected chi connectivity index (χ1v) is 13.3. The quantitative estimate of drug-likeness (QED) is 0.355. The molecule has 0 aliphatic heterocycles. The molecule has 9 atom stereocenters. The van der Waals surface area contributed by atoms with Crippen LogP contribution in [0, 0.1) is 76.4 Å². The standard InChI is InChI=1S/C27H37F3O2/c1-12-13(2)20-10-19(12)22-16-9-21(23(20)22)26(11-16,27(28,29)30)24(31)32-25(3)17-5-14-4-15(7-17)8-18(25)6-14/h12-23H,4-11H2,1-3H3. The maximum Gasteiger partial charge on any atom is 0.405 e. The highest BCUT2D eigenvalue weighted by Gasteiger charge is 2.79. The molecule has 0 heterocycles. The number of alkyl halides is 3. The fraction of sp³-hybridized carbons (Fsp3) is 0.963. The van der Waals surface area contributed by atoms with E-state index >= 15 is 0 Å². The summed E-state index contributed by atoms with van der Waals surface area (Å²) in [6.07, 6.45) is 2.54. The molecular weight excluding hydrogens is 413 g/mol. The molecule has 8 rings (SSSR count). The molecule has 0 aromatic carbocycles. The van der Waals surface area contributed by atoms with E-state index in [0.717, 1.165) is 32.1 Å². The van der Waals surface area contributed by atoms with Crippen molar-refractivity contribution in [2.75, 3.05) is 0 Å². The molecule has 8 bridgehead atoms. The second-order valence-corrected chi connectivity index (χ2v) is 13.6. The van der Waals surface area contributed by atoms with E-state index < -0.39 is 29.1 Å². The number of esters is 1. The molecule has 2 nitrogen and oxygen atoms in total. The minimum absolute atomic E-state index is 0.0118. The van der Waals surface area contributed by atoms with Gasteiger partial charge in [0.1, 0.15) is 5.60 Å². The zero-order valence-corrected chi connectivity index (χ0v) is 19.5. The van der Waals surface area contributed by atoms with Gasteiger partial charge in [-0.05, 0) is 129 Å². The van der Waals surface area contributed by atoms with Crippen LogP contribution in [0.1, 0.15) is 72.1 Å². The van der Waals surface area contributed by atoms with E-state index in [0.29, 0.717) is 47.8 Å². The van der Waals surface area contributed by atoms with Gasteiger partial charge in [-0.1, -0.05) is 13.8 Å². The molecule has 9 unspecified atom stereocenters. The second-order valence-electron chi connectivity index (χ2n) is 13.6. The van der Waals surface area contributed by atoms with Crippen molar-refractivity contribution in [3.63, 3.8) is 0 Å². The number of carbonyl (C=O) groups excluding carboxylic acids is 1. The van der Waals surface area contributed by atoms with E-state index in [2.05, 4.69) is 13.8 Å². The van der Waals surface area contributed by atoms with Crippen LogP contribution in [0.5, 0.6) is 0 Å². The Morgan fingerprint density at radius 3 is 1.97 bits per heavy atom. The van der Waals surface area contributed by atoms with E-state index in [1.165, 1.54) is 6.42 Å². The van der Waals surface area contributed by atoms with Gasteiger partial charge in [0, 0.05) is 0 Å². The molecule has 8 saturated carbocycles. The lowest BCUT2D eigenvalue weighted by Gasteiger charge is -2.59. The zero-order chi connectivity index (χ0) is 22.4. The average molecular weight is 451 g/mol. The zero-order valence-electron chi connectivity index (χ0n) is 19.5. The molecule has 0 aromatic rings. The minimum atomic E-state index is -4.52. The molecule has 8 fully saturated rings. The van der Waals surface area contributed by atoms with Crippen molar-refractivity contribution in [1.29, 1.82) is 0 Å². The molecule has 178 valence electrons. The van der Waals surface area contributed by atoms with Crippen LogP contribution < -0.4 is 0 Å². The Kier molecular flexibility index (Phi) is 3.92. The number of carbonyl (C=O) groups is 1. The largest absolute Gasteiger partial charge is 0.458 e. The maximum absolute atomic E-state index is 14.9. The topological polar surface area (TPSA) is 26.3 Å². The smallest absolute Gasteiger partial charge is 0.405 e. The normalized spacial score (nSPS) is 61.4. The summed E-state index contributed by atoms with van der Waals surface area (Å²) in [4.78, 5) is 13.8. The van der Waals surface area contributed by atoms with Crippen LogP contribution in [-0.4, -0.2) is 17.7 Å². The van der Waals surface area contributed by atoms with Crippen LogP contribution in [0.15, 0.2) is 0 Å². The van der Waals surface area contributed by atoms with Gasteiger partial charge in [0.05, 0.1) is 0 Å². The number of fused-ring (bicyclic) bond motifs is 9. The first-order chi connectivity index (χ1) is 15.0. The lowest BCUT2D eigenvalue weighted by molar-refractivity contribution is -0.273. The van der Waals surface area contributed by atoms with Gasteiger partial charge in [-0.15, -0.1) is 0 Å². The molecule has 0 saturated heterocycles. The number of hydrogen-bond acceptors (Lipinski definition) is 2. The Bertz CT molecular complexity index is 822. The Morgan fingerprint density at radius 1 is 0.844 bits per heavy atom. The number of halogens is 3. The average Bonchev–Trinajstić information content (AvgIpc) is 3.44. The molecule has 0 spiro atoms. The highest BCUT2D eigenvalue weighted by Crippen LogP contribution is 2.76. The van der Waals surface area contributed by atoms with Crippen LogP contribution in [0.4, 0.5) is 13.2 Å². The predicted molar refractivity (Wildman–Crippen MR) is 113 cm³/mol. The van der Waals surface area contributed by atoms with Crippen molar-refractivity contribution in [3.05, 3.63) is 0 Å². The van der Waals surface area contributed by atoms with Crippen molar-refractivity contribution < 1.29 is 22.7 Å². The van der Waals surface area contributed by atoms with Crippen molar-refractivity contribution in [2.45, 2.75) is 83.9 Å². The van der Waals surface area contributed by atoms with Gasteiger partial charge < -0.3 is 4.74 Å². The third-order valence-electron chi connectivity index (χ3n) is 12.9. The molecular formula is C27H37F3O2. The molecule has 0 radical (unpaired) electrons. The van der Waals surface area contributed by atoms with E-state index in [-0.39, 0.29) is 30.1 Å². The Morgan fingerprint density at radius 2 is 1.41 bits per heavy atom. The van der Waals surface area contributed by atoms with Gasteiger partial charge >= 0.3 is 12.1 Å². The summed E-state index contributed by atoms with van der Waals surface area (Å²) < 4.78 is 51.0. The predicted octanol–water partition coefficient (Wildman–Crippen LogP) is 6.49. The van der Waals surface area contributed by atoms with E-state index in [1.54, 1.807) is 0 Å². The SMILES string of the molecule is CC1C(C)C2CC1C1C3CC(C21)C(C(=O)OC1(C)C2CC4CC(C2)CC1C4)(C(F)(F)F)C3. The number of rotatable bonds is 2. The third-order valence-corrected chi connectivity index (χ3v) is 12.9. The van der Waals surface area contributed by atoms with Crippen LogP contribution in [-0.2, 0) is 9.53 Å². The molecule has 0 N–H and O–H groups in total. The highest BCUT2D eigenvalue weighted by molar-refractivity contribution is 5.80. The van der Waals surface area contributed by atoms with Crippen molar-refractivity contribution in [3.8, 4) is 0 Å². The maximum atomic E-state index is 14.9. The third kappa shape index (κ3) is 2.23. The Balaban J connectivity index is 1.22. The van der Waals surface area contributed by atoms with E-state index in [1.807, 2.05) is 6.92 Å². The summed E-state index contributed by atoms with van der Waals surface area (Å²) in [5.41, 5.74) is -2.95. The summed E-state index contributed by atoms with van der Waals surface area (Å²) in [5.74, 6) is 3.00. The number of hydrogen-bond donors (Lipinski definition) is 0. The number of ether oxygens (including phenoxy) is 1. The van der Waals surface area contributed by atoms with E-state index in [9.17, 15) is 18.0 Å². The Hall–Kier alpha value is -0.740. The van der Waals surface area contributed by atoms with E-state index in [4.69, 9.17) is 4.74 Å². The molecule has 5 heteroatoms. The van der Waals surface area contributed by atoms with Crippen LogP contribution in [0.3, 0.4) is 0 Å². The summed E-state index contributed by atoms with van der Waals surface area (Å²) >= 11 is 0. The first kappa shape index (κ1) is 20.6. The van der Waals surface area contributed by atoms with Crippen molar-refractivity contribution in [2.24, 2.45) is 76.4 Å². The minimum Gasteiger partial charge on any atom is -0.458 e. The van der Waals surface area contributed by atoms with Gasteiger partial charge in [-0.3, -0.25) is 4.79 Å².